The Morgan fingerprint density at radius 1 is 1.13 bits per heavy atom. The topological polar surface area (TPSA) is 58.6 Å². The van der Waals surface area contributed by atoms with Gasteiger partial charge < -0.3 is 15.0 Å². The fraction of sp³-hybridized carbons (Fsp3) is 0.556. The summed E-state index contributed by atoms with van der Waals surface area (Å²) in [7, 11) is 1.60. The van der Waals surface area contributed by atoms with Crippen LogP contribution in [0.15, 0.2) is 18.2 Å². The zero-order valence-electron chi connectivity index (χ0n) is 14.6. The molecule has 0 heterocycles. The van der Waals surface area contributed by atoms with Crippen LogP contribution in [0.2, 0.25) is 0 Å². The maximum absolute atomic E-state index is 12.3. The number of methoxy groups -OCH3 is 1. The second kappa shape index (κ2) is 10.0. The summed E-state index contributed by atoms with van der Waals surface area (Å²) in [6.45, 7) is 7.04. The van der Waals surface area contributed by atoms with E-state index in [1.807, 2.05) is 18.2 Å². The smallest absolute Gasteiger partial charge is 0.226 e. The van der Waals surface area contributed by atoms with Crippen molar-refractivity contribution in [2.45, 2.75) is 40.0 Å². The number of para-hydroxylation sites is 1. The van der Waals surface area contributed by atoms with Crippen molar-refractivity contribution in [3.63, 3.8) is 0 Å². The van der Waals surface area contributed by atoms with Gasteiger partial charge in [-0.3, -0.25) is 9.59 Å². The summed E-state index contributed by atoms with van der Waals surface area (Å²) in [5, 5.41) is 3.02. The molecule has 1 rings (SSSR count). The number of hydrogen-bond donors (Lipinski definition) is 1. The molecule has 0 aromatic heterocycles. The highest BCUT2D eigenvalue weighted by Crippen LogP contribution is 2.22. The zero-order chi connectivity index (χ0) is 17.2. The van der Waals surface area contributed by atoms with Crippen molar-refractivity contribution in [3.05, 3.63) is 29.3 Å². The molecule has 0 unspecified atom stereocenters. The van der Waals surface area contributed by atoms with Gasteiger partial charge in [0.25, 0.3) is 0 Å². The average Bonchev–Trinajstić information content (AvgIpc) is 2.54. The number of anilines is 1. The van der Waals surface area contributed by atoms with Crippen LogP contribution in [0.25, 0.3) is 0 Å². The Morgan fingerprint density at radius 3 is 2.22 bits per heavy atom. The Morgan fingerprint density at radius 2 is 1.74 bits per heavy atom. The van der Waals surface area contributed by atoms with Crippen LogP contribution < -0.4 is 5.32 Å². The minimum absolute atomic E-state index is 0.0435. The van der Waals surface area contributed by atoms with Crippen LogP contribution in [0, 0.1) is 0 Å². The van der Waals surface area contributed by atoms with E-state index in [0.29, 0.717) is 19.7 Å². The van der Waals surface area contributed by atoms with Crippen LogP contribution in [0.4, 0.5) is 5.69 Å². The molecule has 0 aliphatic heterocycles. The number of ether oxygens (including phenoxy) is 1. The van der Waals surface area contributed by atoms with Crippen molar-refractivity contribution in [3.8, 4) is 0 Å². The molecule has 0 aliphatic carbocycles. The summed E-state index contributed by atoms with van der Waals surface area (Å²) < 4.78 is 4.99. The van der Waals surface area contributed by atoms with Gasteiger partial charge in [0.15, 0.2) is 0 Å². The molecule has 23 heavy (non-hydrogen) atoms. The predicted molar refractivity (Wildman–Crippen MR) is 92.6 cm³/mol. The highest BCUT2D eigenvalue weighted by molar-refractivity contribution is 5.92. The number of amides is 2. The number of aryl methyl sites for hydroxylation is 2. The van der Waals surface area contributed by atoms with E-state index < -0.39 is 0 Å². The fourth-order valence-electron chi connectivity index (χ4n) is 2.47. The normalized spacial score (nSPS) is 10.4. The molecule has 1 aromatic rings. The van der Waals surface area contributed by atoms with E-state index in [9.17, 15) is 9.59 Å². The zero-order valence-corrected chi connectivity index (χ0v) is 14.6. The summed E-state index contributed by atoms with van der Waals surface area (Å²) in [6, 6.07) is 6.10. The van der Waals surface area contributed by atoms with Gasteiger partial charge >= 0.3 is 0 Å². The fourth-order valence-corrected chi connectivity index (χ4v) is 2.47. The summed E-state index contributed by atoms with van der Waals surface area (Å²) in [5.74, 6) is -0.109. The van der Waals surface area contributed by atoms with E-state index in [2.05, 4.69) is 19.2 Å². The van der Waals surface area contributed by atoms with Gasteiger partial charge in [-0.05, 0) is 24.0 Å². The molecule has 0 spiro atoms. The highest BCUT2D eigenvalue weighted by atomic mass is 16.5. The van der Waals surface area contributed by atoms with Gasteiger partial charge in [0.1, 0.15) is 0 Å². The summed E-state index contributed by atoms with van der Waals surface area (Å²) in [5.41, 5.74) is 3.20. The quantitative estimate of drug-likeness (QED) is 0.761. The maximum Gasteiger partial charge on any atom is 0.226 e. The number of carbonyl (C=O) groups excluding carboxylic acids is 2. The largest absolute Gasteiger partial charge is 0.383 e. The Hall–Kier alpha value is -1.88. The number of hydrogen-bond acceptors (Lipinski definition) is 3. The summed E-state index contributed by atoms with van der Waals surface area (Å²) >= 11 is 0. The standard InChI is InChI=1S/C18H28N2O3/c1-5-15-8-7-9-16(6-2)18(15)19-17(22)10-11-20(14(3)21)12-13-23-4/h7-9H,5-6,10-13H2,1-4H3,(H,19,22). The molecule has 5 heteroatoms. The molecule has 0 radical (unpaired) electrons. The molecule has 5 nitrogen and oxygen atoms in total. The second-order valence-corrected chi connectivity index (χ2v) is 5.46. The molecule has 0 atom stereocenters. The van der Waals surface area contributed by atoms with Gasteiger partial charge in [-0.2, -0.15) is 0 Å². The van der Waals surface area contributed by atoms with Gasteiger partial charge in [-0.1, -0.05) is 32.0 Å². The highest BCUT2D eigenvalue weighted by Gasteiger charge is 2.13. The van der Waals surface area contributed by atoms with Gasteiger partial charge in [-0.25, -0.2) is 0 Å². The van der Waals surface area contributed by atoms with Crippen molar-refractivity contribution < 1.29 is 14.3 Å². The van der Waals surface area contributed by atoms with E-state index in [4.69, 9.17) is 4.74 Å². The van der Waals surface area contributed by atoms with Crippen LogP contribution in [0.1, 0.15) is 38.3 Å². The molecule has 0 saturated heterocycles. The van der Waals surface area contributed by atoms with E-state index in [1.54, 1.807) is 12.0 Å². The molecular weight excluding hydrogens is 292 g/mol. The Kier molecular flexibility index (Phi) is 8.33. The van der Waals surface area contributed by atoms with E-state index in [1.165, 1.54) is 6.92 Å². The lowest BCUT2D eigenvalue weighted by Crippen LogP contribution is -2.34. The Bertz CT molecular complexity index is 507. The first-order chi connectivity index (χ1) is 11.0. The molecule has 0 saturated carbocycles. The van der Waals surface area contributed by atoms with Crippen molar-refractivity contribution in [1.82, 2.24) is 4.90 Å². The first-order valence-corrected chi connectivity index (χ1v) is 8.18. The summed E-state index contributed by atoms with van der Waals surface area (Å²) in [4.78, 5) is 25.5. The second-order valence-electron chi connectivity index (χ2n) is 5.46. The number of nitrogens with one attached hydrogen (secondary N) is 1. The monoisotopic (exact) mass is 320 g/mol. The maximum atomic E-state index is 12.3. The molecule has 2 amide bonds. The molecule has 128 valence electrons. The van der Waals surface area contributed by atoms with Crippen LogP contribution >= 0.6 is 0 Å². The van der Waals surface area contributed by atoms with Gasteiger partial charge in [-0.15, -0.1) is 0 Å². The van der Waals surface area contributed by atoms with Crippen LogP contribution in [-0.2, 0) is 27.2 Å². The third-order valence-corrected chi connectivity index (χ3v) is 3.88. The van der Waals surface area contributed by atoms with E-state index >= 15 is 0 Å². The first kappa shape index (κ1) is 19.2. The molecule has 1 N–H and O–H groups in total. The van der Waals surface area contributed by atoms with Crippen LogP contribution in [0.3, 0.4) is 0 Å². The lowest BCUT2D eigenvalue weighted by atomic mass is 10.0. The van der Waals surface area contributed by atoms with E-state index in [-0.39, 0.29) is 18.2 Å². The number of nitrogens with zero attached hydrogens (tertiary/aromatic N) is 1. The van der Waals surface area contributed by atoms with Gasteiger partial charge in [0.2, 0.25) is 11.8 Å². The molecule has 0 fully saturated rings. The lowest BCUT2D eigenvalue weighted by molar-refractivity contribution is -0.130. The van der Waals surface area contributed by atoms with Crippen LogP contribution in [0.5, 0.6) is 0 Å². The first-order valence-electron chi connectivity index (χ1n) is 8.18. The third-order valence-electron chi connectivity index (χ3n) is 3.88. The number of carbonyl (C=O) groups is 2. The Balaban J connectivity index is 2.68. The molecule has 0 aliphatic rings. The minimum Gasteiger partial charge on any atom is -0.383 e. The molecule has 1 aromatic carbocycles. The predicted octanol–water partition coefficient (Wildman–Crippen LogP) is 2.63. The van der Waals surface area contributed by atoms with Gasteiger partial charge in [0.05, 0.1) is 6.61 Å². The molecular formula is C18H28N2O3. The van der Waals surface area contributed by atoms with Crippen molar-refractivity contribution in [2.75, 3.05) is 32.1 Å². The lowest BCUT2D eigenvalue weighted by Gasteiger charge is -2.21. The number of rotatable bonds is 9. The third kappa shape index (κ3) is 6.02. The SMILES string of the molecule is CCc1cccc(CC)c1NC(=O)CCN(CCOC)C(C)=O. The van der Waals surface area contributed by atoms with Crippen molar-refractivity contribution in [1.29, 1.82) is 0 Å². The van der Waals surface area contributed by atoms with Crippen molar-refractivity contribution >= 4 is 17.5 Å². The summed E-state index contributed by atoms with van der Waals surface area (Å²) in [6.07, 6.45) is 2.03. The molecule has 0 bridgehead atoms. The van der Waals surface area contributed by atoms with Crippen LogP contribution in [-0.4, -0.2) is 43.5 Å². The van der Waals surface area contributed by atoms with Crippen molar-refractivity contribution in [2.24, 2.45) is 0 Å². The Labute approximate surface area is 139 Å². The minimum atomic E-state index is -0.0655. The number of benzene rings is 1. The van der Waals surface area contributed by atoms with E-state index in [0.717, 1.165) is 29.7 Å². The average molecular weight is 320 g/mol. The van der Waals surface area contributed by atoms with Gasteiger partial charge in [0, 0.05) is 39.2 Å².